The van der Waals surface area contributed by atoms with E-state index in [2.05, 4.69) is 20.9 Å². The van der Waals surface area contributed by atoms with Crippen LogP contribution in [-0.4, -0.2) is 4.98 Å². The van der Waals surface area contributed by atoms with Crippen LogP contribution < -0.4 is 5.73 Å². The molecule has 88 valence electrons. The second kappa shape index (κ2) is 5.87. The van der Waals surface area contributed by atoms with Crippen molar-refractivity contribution < 1.29 is 0 Å². The normalized spacial score (nSPS) is 10.5. The lowest BCUT2D eigenvalue weighted by atomic mass is 10.2. The minimum absolute atomic E-state index is 0.517. The van der Waals surface area contributed by atoms with Crippen LogP contribution in [0.3, 0.4) is 0 Å². The summed E-state index contributed by atoms with van der Waals surface area (Å²) in [5.74, 6) is 0. The fourth-order valence-electron chi connectivity index (χ4n) is 1.36. The van der Waals surface area contributed by atoms with Crippen LogP contribution in [0.4, 0.5) is 0 Å². The predicted molar refractivity (Wildman–Crippen MR) is 75.4 cm³/mol. The second-order valence-electron chi connectivity index (χ2n) is 3.39. The number of benzene rings is 1. The van der Waals surface area contributed by atoms with E-state index in [0.29, 0.717) is 11.6 Å². The molecule has 0 fully saturated rings. The Morgan fingerprint density at radius 2 is 2.18 bits per heavy atom. The van der Waals surface area contributed by atoms with Gasteiger partial charge in [-0.1, -0.05) is 39.3 Å². The summed E-state index contributed by atoms with van der Waals surface area (Å²) in [4.78, 5) is 5.31. The van der Waals surface area contributed by atoms with Crippen molar-refractivity contribution in [3.63, 3.8) is 0 Å². The third kappa shape index (κ3) is 3.45. The molecule has 0 aliphatic rings. The maximum Gasteiger partial charge on any atom is 0.119 e. The molecule has 0 spiro atoms. The highest BCUT2D eigenvalue weighted by Crippen LogP contribution is 2.33. The lowest BCUT2D eigenvalue weighted by Gasteiger charge is -2.05. The van der Waals surface area contributed by atoms with Crippen molar-refractivity contribution in [1.82, 2.24) is 4.98 Å². The number of nitrogens with zero attached hydrogens (tertiary/aromatic N) is 1. The number of aromatic nitrogens is 1. The summed E-state index contributed by atoms with van der Waals surface area (Å²) in [6, 6.07) is 9.72. The van der Waals surface area contributed by atoms with Crippen LogP contribution in [-0.2, 0) is 6.54 Å². The molecule has 0 saturated heterocycles. The molecule has 0 aliphatic carbocycles. The van der Waals surface area contributed by atoms with E-state index >= 15 is 0 Å². The first-order valence-corrected chi connectivity index (χ1v) is 6.95. The zero-order valence-corrected chi connectivity index (χ0v) is 12.0. The number of hydrogen-bond donors (Lipinski definition) is 1. The molecule has 1 aromatic carbocycles. The van der Waals surface area contributed by atoms with E-state index in [1.54, 1.807) is 6.20 Å². The molecule has 0 saturated carbocycles. The van der Waals surface area contributed by atoms with E-state index in [1.165, 1.54) is 11.8 Å². The zero-order chi connectivity index (χ0) is 12.3. The van der Waals surface area contributed by atoms with Crippen molar-refractivity contribution in [3.05, 3.63) is 51.6 Å². The van der Waals surface area contributed by atoms with E-state index in [9.17, 15) is 0 Å². The van der Waals surface area contributed by atoms with Gasteiger partial charge in [-0.3, -0.25) is 0 Å². The average molecular weight is 330 g/mol. The van der Waals surface area contributed by atoms with Crippen LogP contribution in [0, 0.1) is 0 Å². The van der Waals surface area contributed by atoms with Gasteiger partial charge in [0.25, 0.3) is 0 Å². The quantitative estimate of drug-likeness (QED) is 0.921. The van der Waals surface area contributed by atoms with Crippen molar-refractivity contribution in [3.8, 4) is 0 Å². The molecule has 0 atom stereocenters. The van der Waals surface area contributed by atoms with Crippen LogP contribution in [0.15, 0.2) is 50.9 Å². The fraction of sp³-hybridized carbons (Fsp3) is 0.0833. The molecule has 1 aromatic heterocycles. The molecule has 2 aromatic rings. The van der Waals surface area contributed by atoms with Gasteiger partial charge in [-0.2, -0.15) is 0 Å². The van der Waals surface area contributed by atoms with Crippen LogP contribution in [0.2, 0.25) is 5.02 Å². The topological polar surface area (TPSA) is 38.9 Å². The summed E-state index contributed by atoms with van der Waals surface area (Å²) in [5.41, 5.74) is 6.72. The Kier molecular flexibility index (Phi) is 4.45. The summed E-state index contributed by atoms with van der Waals surface area (Å²) in [6.45, 7) is 0.517. The van der Waals surface area contributed by atoms with Crippen molar-refractivity contribution in [2.45, 2.75) is 16.5 Å². The molecule has 17 heavy (non-hydrogen) atoms. The number of rotatable bonds is 3. The maximum atomic E-state index is 6.07. The number of nitrogens with two attached hydrogens (primary N) is 1. The van der Waals surface area contributed by atoms with Crippen LogP contribution in [0.5, 0.6) is 0 Å². The van der Waals surface area contributed by atoms with Gasteiger partial charge >= 0.3 is 0 Å². The molecule has 5 heteroatoms. The highest BCUT2D eigenvalue weighted by molar-refractivity contribution is 9.10. The second-order valence-corrected chi connectivity index (χ2v) is 5.78. The molecular weight excluding hydrogens is 320 g/mol. The van der Waals surface area contributed by atoms with Gasteiger partial charge in [0.05, 0.1) is 5.02 Å². The number of halogens is 2. The Morgan fingerprint density at radius 1 is 1.35 bits per heavy atom. The van der Waals surface area contributed by atoms with E-state index in [1.807, 2.05) is 30.3 Å². The molecule has 0 aliphatic heterocycles. The summed E-state index contributed by atoms with van der Waals surface area (Å²) in [7, 11) is 0. The van der Waals surface area contributed by atoms with E-state index in [0.717, 1.165) is 20.0 Å². The molecule has 2 rings (SSSR count). The lowest BCUT2D eigenvalue weighted by molar-refractivity contribution is 1.05. The molecular formula is C12H10BrClN2S. The van der Waals surface area contributed by atoms with Crippen LogP contribution >= 0.6 is 39.3 Å². The minimum Gasteiger partial charge on any atom is -0.326 e. The van der Waals surface area contributed by atoms with E-state index < -0.39 is 0 Å². The average Bonchev–Trinajstić information content (AvgIpc) is 2.31. The van der Waals surface area contributed by atoms with Gasteiger partial charge in [0.2, 0.25) is 0 Å². The smallest absolute Gasteiger partial charge is 0.119 e. The molecule has 0 unspecified atom stereocenters. The van der Waals surface area contributed by atoms with E-state index in [4.69, 9.17) is 17.3 Å². The van der Waals surface area contributed by atoms with Gasteiger partial charge in [0.1, 0.15) is 5.03 Å². The van der Waals surface area contributed by atoms with Crippen molar-refractivity contribution in [2.75, 3.05) is 0 Å². The molecule has 2 N–H and O–H groups in total. The van der Waals surface area contributed by atoms with Gasteiger partial charge in [0.15, 0.2) is 0 Å². The largest absolute Gasteiger partial charge is 0.326 e. The van der Waals surface area contributed by atoms with E-state index in [-0.39, 0.29) is 0 Å². The first-order valence-electron chi connectivity index (χ1n) is 4.97. The summed E-state index contributed by atoms with van der Waals surface area (Å²) < 4.78 is 1.01. The van der Waals surface area contributed by atoms with Crippen molar-refractivity contribution >= 4 is 39.3 Å². The van der Waals surface area contributed by atoms with Gasteiger partial charge in [-0.25, -0.2) is 4.98 Å². The fourth-order valence-corrected chi connectivity index (χ4v) is 3.18. The first-order chi connectivity index (χ1) is 8.19. The summed E-state index contributed by atoms with van der Waals surface area (Å²) in [6.07, 6.45) is 1.73. The molecule has 2 nitrogen and oxygen atoms in total. The van der Waals surface area contributed by atoms with Gasteiger partial charge in [0, 0.05) is 22.1 Å². The van der Waals surface area contributed by atoms with Crippen molar-refractivity contribution in [2.24, 2.45) is 5.73 Å². The first kappa shape index (κ1) is 12.9. The zero-order valence-electron chi connectivity index (χ0n) is 8.86. The minimum atomic E-state index is 0.517. The molecule has 0 radical (unpaired) electrons. The Balaban J connectivity index is 2.30. The third-order valence-electron chi connectivity index (χ3n) is 2.11. The molecule has 1 heterocycles. The number of hydrogen-bond acceptors (Lipinski definition) is 3. The predicted octanol–water partition coefficient (Wildman–Crippen LogP) is 4.11. The number of pyridine rings is 1. The summed E-state index contributed by atoms with van der Waals surface area (Å²) in [5, 5.41) is 1.46. The van der Waals surface area contributed by atoms with Crippen molar-refractivity contribution in [1.29, 1.82) is 0 Å². The highest BCUT2D eigenvalue weighted by Gasteiger charge is 2.05. The Hall–Kier alpha value is -0.550. The molecule has 0 amide bonds. The monoisotopic (exact) mass is 328 g/mol. The summed E-state index contributed by atoms with van der Waals surface area (Å²) >= 11 is 11.1. The highest BCUT2D eigenvalue weighted by atomic mass is 79.9. The standard InChI is InChI=1S/C12H10BrClN2S/c13-9-4-8(7-15)5-10(6-9)17-12-11(14)2-1-3-16-12/h1-6H,7,15H2. The maximum absolute atomic E-state index is 6.07. The Morgan fingerprint density at radius 3 is 2.88 bits per heavy atom. The SMILES string of the molecule is NCc1cc(Br)cc(Sc2ncccc2Cl)c1. The van der Waals surface area contributed by atoms with Gasteiger partial charge < -0.3 is 5.73 Å². The van der Waals surface area contributed by atoms with Crippen LogP contribution in [0.1, 0.15) is 5.56 Å². The van der Waals surface area contributed by atoms with Gasteiger partial charge in [-0.15, -0.1) is 0 Å². The van der Waals surface area contributed by atoms with Gasteiger partial charge in [-0.05, 0) is 35.9 Å². The Labute approximate surface area is 118 Å². The lowest BCUT2D eigenvalue weighted by Crippen LogP contribution is -1.96. The molecule has 0 bridgehead atoms. The Bertz CT molecular complexity index is 534. The third-order valence-corrected chi connectivity index (χ3v) is 3.97. The van der Waals surface area contributed by atoms with Crippen LogP contribution in [0.25, 0.3) is 0 Å².